The van der Waals surface area contributed by atoms with Crippen LogP contribution in [0.15, 0.2) is 0 Å². The number of hydrogen-bond donors (Lipinski definition) is 2. The quantitative estimate of drug-likeness (QED) is 0.228. The van der Waals surface area contributed by atoms with Gasteiger partial charge in [-0.1, -0.05) is 21.6 Å². The standard InChI is InChI=1S/C8H18O6S4.Na.H/c1-7(17(9,10)11)3-5-15-16-6-4-8(2)18(12,13)14;;/h7-8H,3-6H2,1-2H3,(H,9,10,11)(H,12,13,14);;/q;+1;-1. The number of hydrogen-bond acceptors (Lipinski definition) is 6. The molecule has 19 heavy (non-hydrogen) atoms. The summed E-state index contributed by atoms with van der Waals surface area (Å²) in [7, 11) is -5.10. The van der Waals surface area contributed by atoms with Gasteiger partial charge < -0.3 is 1.43 Å². The number of rotatable bonds is 9. The first kappa shape index (κ1) is 22.8. The van der Waals surface area contributed by atoms with Crippen LogP contribution in [0.5, 0.6) is 0 Å². The van der Waals surface area contributed by atoms with Crippen LogP contribution in [0.1, 0.15) is 28.1 Å². The van der Waals surface area contributed by atoms with Crippen molar-refractivity contribution < 1.29 is 56.9 Å². The molecule has 0 bridgehead atoms. The molecule has 0 aliphatic carbocycles. The van der Waals surface area contributed by atoms with Gasteiger partial charge in [0.1, 0.15) is 0 Å². The van der Waals surface area contributed by atoms with E-state index in [0.717, 1.165) is 0 Å². The normalized spacial score (nSPS) is 15.6. The van der Waals surface area contributed by atoms with E-state index in [2.05, 4.69) is 0 Å². The smallest absolute Gasteiger partial charge is 1.00 e. The fraction of sp³-hybridized carbons (Fsp3) is 1.00. The fourth-order valence-corrected chi connectivity index (χ4v) is 4.39. The van der Waals surface area contributed by atoms with Gasteiger partial charge in [0.25, 0.3) is 20.2 Å². The predicted octanol–water partition coefficient (Wildman–Crippen LogP) is -1.18. The molecule has 2 unspecified atom stereocenters. The van der Waals surface area contributed by atoms with E-state index in [9.17, 15) is 16.8 Å². The third-order valence-corrected chi connectivity index (χ3v) is 7.29. The van der Waals surface area contributed by atoms with Crippen molar-refractivity contribution in [3.8, 4) is 0 Å². The molecule has 0 aromatic heterocycles. The van der Waals surface area contributed by atoms with Crippen molar-refractivity contribution in [2.45, 2.75) is 37.2 Å². The predicted molar refractivity (Wildman–Crippen MR) is 77.3 cm³/mol. The average molecular weight is 362 g/mol. The van der Waals surface area contributed by atoms with Gasteiger partial charge in [-0.05, 0) is 26.7 Å². The van der Waals surface area contributed by atoms with Crippen molar-refractivity contribution in [2.24, 2.45) is 0 Å². The molecule has 0 fully saturated rings. The second-order valence-corrected chi connectivity index (χ2v) is 10.2. The Morgan fingerprint density at radius 3 is 1.37 bits per heavy atom. The van der Waals surface area contributed by atoms with Gasteiger partial charge in [0.05, 0.1) is 10.5 Å². The Balaban J connectivity index is -0.00000144. The minimum Gasteiger partial charge on any atom is -1.00 e. The van der Waals surface area contributed by atoms with E-state index in [1.807, 2.05) is 0 Å². The minimum atomic E-state index is -3.96. The first-order valence-corrected chi connectivity index (χ1v) is 10.7. The van der Waals surface area contributed by atoms with Gasteiger partial charge >= 0.3 is 29.6 Å². The zero-order chi connectivity index (χ0) is 14.4. The second-order valence-electron chi connectivity index (χ2n) is 3.87. The van der Waals surface area contributed by atoms with Crippen molar-refractivity contribution in [3.63, 3.8) is 0 Å². The van der Waals surface area contributed by atoms with Crippen LogP contribution in [0.4, 0.5) is 0 Å². The van der Waals surface area contributed by atoms with E-state index in [-0.39, 0.29) is 31.0 Å². The Kier molecular flexibility index (Phi) is 12.3. The molecule has 0 heterocycles. The summed E-state index contributed by atoms with van der Waals surface area (Å²) in [6.07, 6.45) is 0.675. The summed E-state index contributed by atoms with van der Waals surface area (Å²) in [6.45, 7) is 2.86. The van der Waals surface area contributed by atoms with Crippen molar-refractivity contribution in [1.82, 2.24) is 0 Å². The molecule has 11 heteroatoms. The van der Waals surface area contributed by atoms with E-state index in [0.29, 0.717) is 24.3 Å². The largest absolute Gasteiger partial charge is 1.00 e. The fourth-order valence-electron chi connectivity index (χ4n) is 0.844. The first-order chi connectivity index (χ1) is 8.05. The molecular weight excluding hydrogens is 343 g/mol. The summed E-state index contributed by atoms with van der Waals surface area (Å²) in [5.74, 6) is 1.09. The molecule has 0 radical (unpaired) electrons. The van der Waals surface area contributed by atoms with Gasteiger partial charge in [-0.2, -0.15) is 16.8 Å². The SMILES string of the molecule is CC(CCSSCCC(C)S(=O)(=O)O)S(=O)(=O)O.[H-].[Na+]. The van der Waals surface area contributed by atoms with E-state index in [1.165, 1.54) is 35.4 Å². The van der Waals surface area contributed by atoms with Crippen LogP contribution in [0.25, 0.3) is 0 Å². The third-order valence-electron chi connectivity index (χ3n) is 2.32. The van der Waals surface area contributed by atoms with Crippen LogP contribution in [-0.2, 0) is 20.2 Å². The monoisotopic (exact) mass is 362 g/mol. The van der Waals surface area contributed by atoms with Gasteiger partial charge in [-0.25, -0.2) is 0 Å². The molecule has 0 aromatic carbocycles. The van der Waals surface area contributed by atoms with Gasteiger partial charge in [-0.3, -0.25) is 9.11 Å². The summed E-state index contributed by atoms with van der Waals surface area (Å²) < 4.78 is 60.2. The summed E-state index contributed by atoms with van der Waals surface area (Å²) in [5.41, 5.74) is 0. The van der Waals surface area contributed by atoms with E-state index >= 15 is 0 Å². The van der Waals surface area contributed by atoms with Crippen LogP contribution in [-0.4, -0.2) is 47.9 Å². The van der Waals surface area contributed by atoms with Crippen LogP contribution in [0.3, 0.4) is 0 Å². The maximum atomic E-state index is 10.7. The molecule has 0 rings (SSSR count). The van der Waals surface area contributed by atoms with Crippen LogP contribution >= 0.6 is 21.6 Å². The Morgan fingerprint density at radius 2 is 1.16 bits per heavy atom. The zero-order valence-electron chi connectivity index (χ0n) is 12.1. The molecule has 0 aromatic rings. The van der Waals surface area contributed by atoms with Crippen molar-refractivity contribution >= 4 is 41.8 Å². The molecule has 2 atom stereocenters. The van der Waals surface area contributed by atoms with E-state index in [1.54, 1.807) is 0 Å². The van der Waals surface area contributed by atoms with Crippen LogP contribution < -0.4 is 29.6 Å². The molecule has 0 saturated heterocycles. The summed E-state index contributed by atoms with van der Waals surface area (Å²) in [4.78, 5) is 0. The van der Waals surface area contributed by atoms with E-state index in [4.69, 9.17) is 9.11 Å². The Morgan fingerprint density at radius 1 is 0.895 bits per heavy atom. The molecule has 0 amide bonds. The maximum Gasteiger partial charge on any atom is 1.00 e. The zero-order valence-corrected chi connectivity index (χ0v) is 16.4. The van der Waals surface area contributed by atoms with Crippen molar-refractivity contribution in [2.75, 3.05) is 11.5 Å². The third kappa shape index (κ3) is 11.8. The Bertz CT molecular complexity index is 398. The van der Waals surface area contributed by atoms with Gasteiger partial charge in [0, 0.05) is 11.5 Å². The molecule has 6 nitrogen and oxygen atoms in total. The summed E-state index contributed by atoms with van der Waals surface area (Å²) in [6, 6.07) is 0. The van der Waals surface area contributed by atoms with Gasteiger partial charge in [0.15, 0.2) is 0 Å². The topological polar surface area (TPSA) is 109 Å². The van der Waals surface area contributed by atoms with Gasteiger partial charge in [0.2, 0.25) is 0 Å². The molecule has 0 aliphatic heterocycles. The Labute approximate surface area is 146 Å². The van der Waals surface area contributed by atoms with Crippen LogP contribution in [0, 0.1) is 0 Å². The molecule has 0 spiro atoms. The molecule has 2 N–H and O–H groups in total. The molecule has 112 valence electrons. The van der Waals surface area contributed by atoms with Crippen molar-refractivity contribution in [3.05, 3.63) is 0 Å². The molecule has 0 aliphatic rings. The van der Waals surface area contributed by atoms with E-state index < -0.39 is 30.7 Å². The summed E-state index contributed by atoms with van der Waals surface area (Å²) >= 11 is 0. The van der Waals surface area contributed by atoms with Crippen molar-refractivity contribution in [1.29, 1.82) is 0 Å². The van der Waals surface area contributed by atoms with Gasteiger partial charge in [-0.15, -0.1) is 0 Å². The maximum absolute atomic E-state index is 10.7. The summed E-state index contributed by atoms with van der Waals surface area (Å²) in [5, 5.41) is -1.58. The average Bonchev–Trinajstić information content (AvgIpc) is 2.19. The van der Waals surface area contributed by atoms with Crippen LogP contribution in [0.2, 0.25) is 0 Å². The first-order valence-electron chi connectivity index (χ1n) is 5.22. The molecule has 0 saturated carbocycles. The Hall–Kier alpha value is 1.52. The molecular formula is C8H19NaO6S4. The second kappa shape index (κ2) is 10.3. The minimum absolute atomic E-state index is 0.